The molecule has 0 bridgehead atoms. The minimum atomic E-state index is 0.535. The fourth-order valence-corrected chi connectivity index (χ4v) is 2.31. The van der Waals surface area contributed by atoms with Gasteiger partial charge in [0.25, 0.3) is 0 Å². The SMILES string of the molecule is O=CCCc1nc(-c2ccc(Cl)cc2)cs1. The number of carbonyl (C=O) groups is 1. The van der Waals surface area contributed by atoms with Crippen LogP contribution in [0.1, 0.15) is 11.4 Å². The van der Waals surface area contributed by atoms with Gasteiger partial charge in [0.2, 0.25) is 0 Å². The molecule has 82 valence electrons. The lowest BCUT2D eigenvalue weighted by Gasteiger charge is -1.95. The number of carbonyl (C=O) groups excluding carboxylic acids is 1. The average Bonchev–Trinajstić information content (AvgIpc) is 2.76. The highest BCUT2D eigenvalue weighted by Gasteiger charge is 2.04. The lowest BCUT2D eigenvalue weighted by atomic mass is 10.2. The van der Waals surface area contributed by atoms with Gasteiger partial charge in [-0.15, -0.1) is 11.3 Å². The number of hydrogen-bond acceptors (Lipinski definition) is 3. The Morgan fingerprint density at radius 3 is 2.75 bits per heavy atom. The van der Waals surface area contributed by atoms with Crippen molar-refractivity contribution in [2.24, 2.45) is 0 Å². The van der Waals surface area contributed by atoms with Crippen LogP contribution in [0.25, 0.3) is 11.3 Å². The van der Waals surface area contributed by atoms with Crippen molar-refractivity contribution in [2.75, 3.05) is 0 Å². The zero-order valence-electron chi connectivity index (χ0n) is 8.52. The molecule has 2 nitrogen and oxygen atoms in total. The first-order valence-corrected chi connectivity index (χ1v) is 6.19. The third-order valence-corrected chi connectivity index (χ3v) is 3.33. The summed E-state index contributed by atoms with van der Waals surface area (Å²) in [5.41, 5.74) is 2.00. The summed E-state index contributed by atoms with van der Waals surface area (Å²) in [6.07, 6.45) is 2.18. The van der Waals surface area contributed by atoms with Gasteiger partial charge >= 0.3 is 0 Å². The van der Waals surface area contributed by atoms with E-state index in [9.17, 15) is 4.79 Å². The summed E-state index contributed by atoms with van der Waals surface area (Å²) in [5, 5.41) is 3.72. The molecule has 16 heavy (non-hydrogen) atoms. The number of aryl methyl sites for hydroxylation is 1. The second-order valence-electron chi connectivity index (χ2n) is 3.34. The molecule has 0 fully saturated rings. The molecular formula is C12H10ClNOS. The monoisotopic (exact) mass is 251 g/mol. The van der Waals surface area contributed by atoms with Gasteiger partial charge in [-0.3, -0.25) is 0 Å². The number of rotatable bonds is 4. The Labute approximate surface area is 103 Å². The lowest BCUT2D eigenvalue weighted by molar-refractivity contribution is -0.107. The zero-order valence-corrected chi connectivity index (χ0v) is 10.1. The maximum atomic E-state index is 10.3. The van der Waals surface area contributed by atoms with Gasteiger partial charge in [-0.05, 0) is 12.1 Å². The van der Waals surface area contributed by atoms with Crippen LogP contribution in [-0.2, 0) is 11.2 Å². The first-order valence-electron chi connectivity index (χ1n) is 4.93. The predicted molar refractivity (Wildman–Crippen MR) is 66.9 cm³/mol. The van der Waals surface area contributed by atoms with Gasteiger partial charge < -0.3 is 4.79 Å². The standard InChI is InChI=1S/C12H10ClNOS/c13-10-5-3-9(4-6-10)11-8-16-12(14-11)2-1-7-15/h3-8H,1-2H2. The smallest absolute Gasteiger partial charge is 0.120 e. The van der Waals surface area contributed by atoms with E-state index in [4.69, 9.17) is 11.6 Å². The molecule has 0 saturated heterocycles. The summed E-state index contributed by atoms with van der Waals surface area (Å²) >= 11 is 7.40. The van der Waals surface area contributed by atoms with Crippen LogP contribution < -0.4 is 0 Å². The normalized spacial score (nSPS) is 10.3. The highest BCUT2D eigenvalue weighted by molar-refractivity contribution is 7.09. The number of halogens is 1. The van der Waals surface area contributed by atoms with Gasteiger partial charge in [0, 0.05) is 28.8 Å². The minimum Gasteiger partial charge on any atom is -0.303 e. The van der Waals surface area contributed by atoms with Crippen LogP contribution in [-0.4, -0.2) is 11.3 Å². The summed E-state index contributed by atoms with van der Waals surface area (Å²) in [4.78, 5) is 14.7. The fourth-order valence-electron chi connectivity index (χ4n) is 1.36. The van der Waals surface area contributed by atoms with E-state index in [1.165, 1.54) is 0 Å². The van der Waals surface area contributed by atoms with Crippen molar-refractivity contribution in [2.45, 2.75) is 12.8 Å². The maximum absolute atomic E-state index is 10.3. The van der Waals surface area contributed by atoms with E-state index < -0.39 is 0 Å². The largest absolute Gasteiger partial charge is 0.303 e. The summed E-state index contributed by atoms with van der Waals surface area (Å²) < 4.78 is 0. The number of nitrogens with zero attached hydrogens (tertiary/aromatic N) is 1. The van der Waals surface area contributed by atoms with Crippen LogP contribution in [0.5, 0.6) is 0 Å². The molecular weight excluding hydrogens is 242 g/mol. The molecule has 0 aliphatic carbocycles. The molecule has 0 N–H and O–H groups in total. The number of aldehydes is 1. The van der Waals surface area contributed by atoms with E-state index in [1.54, 1.807) is 11.3 Å². The predicted octanol–water partition coefficient (Wildman–Crippen LogP) is 3.60. The maximum Gasteiger partial charge on any atom is 0.120 e. The first kappa shape index (κ1) is 11.3. The Hall–Kier alpha value is -1.19. The van der Waals surface area contributed by atoms with Crippen molar-refractivity contribution in [3.8, 4) is 11.3 Å². The molecule has 1 aromatic carbocycles. The Morgan fingerprint density at radius 2 is 2.06 bits per heavy atom. The Kier molecular flexibility index (Phi) is 3.70. The van der Waals surface area contributed by atoms with E-state index >= 15 is 0 Å². The summed E-state index contributed by atoms with van der Waals surface area (Å²) in [5.74, 6) is 0. The summed E-state index contributed by atoms with van der Waals surface area (Å²) in [6, 6.07) is 7.59. The van der Waals surface area contributed by atoms with Crippen molar-refractivity contribution >= 4 is 29.2 Å². The van der Waals surface area contributed by atoms with E-state index in [-0.39, 0.29) is 0 Å². The van der Waals surface area contributed by atoms with Crippen molar-refractivity contribution in [3.63, 3.8) is 0 Å². The summed E-state index contributed by atoms with van der Waals surface area (Å²) in [6.45, 7) is 0. The molecule has 1 heterocycles. The molecule has 1 aromatic heterocycles. The van der Waals surface area contributed by atoms with Crippen molar-refractivity contribution < 1.29 is 4.79 Å². The molecule has 0 spiro atoms. The van der Waals surface area contributed by atoms with E-state index in [0.717, 1.165) is 34.0 Å². The average molecular weight is 252 g/mol. The van der Waals surface area contributed by atoms with Gasteiger partial charge in [0.1, 0.15) is 6.29 Å². The highest BCUT2D eigenvalue weighted by atomic mass is 35.5. The molecule has 0 amide bonds. The number of hydrogen-bond donors (Lipinski definition) is 0. The zero-order chi connectivity index (χ0) is 11.4. The van der Waals surface area contributed by atoms with Crippen molar-refractivity contribution in [1.29, 1.82) is 0 Å². The number of aromatic nitrogens is 1. The van der Waals surface area contributed by atoms with Gasteiger partial charge in [0.05, 0.1) is 10.7 Å². The van der Waals surface area contributed by atoms with Gasteiger partial charge in [-0.2, -0.15) is 0 Å². The molecule has 0 unspecified atom stereocenters. The third-order valence-electron chi connectivity index (χ3n) is 2.17. The number of thiazole rings is 1. The Morgan fingerprint density at radius 1 is 1.31 bits per heavy atom. The van der Waals surface area contributed by atoms with E-state index in [0.29, 0.717) is 6.42 Å². The van der Waals surface area contributed by atoms with Gasteiger partial charge in [-0.25, -0.2) is 4.98 Å². The molecule has 2 rings (SSSR count). The molecule has 0 atom stereocenters. The first-order chi connectivity index (χ1) is 7.79. The van der Waals surface area contributed by atoms with E-state index in [1.807, 2.05) is 29.6 Å². The van der Waals surface area contributed by atoms with Crippen LogP contribution in [0.2, 0.25) is 5.02 Å². The quantitative estimate of drug-likeness (QED) is 0.778. The van der Waals surface area contributed by atoms with Crippen molar-refractivity contribution in [1.82, 2.24) is 4.98 Å². The topological polar surface area (TPSA) is 30.0 Å². The molecule has 0 aliphatic heterocycles. The molecule has 0 radical (unpaired) electrons. The number of benzene rings is 1. The van der Waals surface area contributed by atoms with Crippen LogP contribution >= 0.6 is 22.9 Å². The Balaban J connectivity index is 2.17. The van der Waals surface area contributed by atoms with Gasteiger partial charge in [-0.1, -0.05) is 23.7 Å². The highest BCUT2D eigenvalue weighted by Crippen LogP contribution is 2.23. The molecule has 4 heteroatoms. The van der Waals surface area contributed by atoms with Crippen LogP contribution in [0.15, 0.2) is 29.6 Å². The second-order valence-corrected chi connectivity index (χ2v) is 4.72. The fraction of sp³-hybridized carbons (Fsp3) is 0.167. The minimum absolute atomic E-state index is 0.535. The molecule has 0 saturated carbocycles. The summed E-state index contributed by atoms with van der Waals surface area (Å²) in [7, 11) is 0. The van der Waals surface area contributed by atoms with E-state index in [2.05, 4.69) is 4.98 Å². The van der Waals surface area contributed by atoms with Crippen LogP contribution in [0, 0.1) is 0 Å². The van der Waals surface area contributed by atoms with Crippen LogP contribution in [0.3, 0.4) is 0 Å². The van der Waals surface area contributed by atoms with Crippen LogP contribution in [0.4, 0.5) is 0 Å². The molecule has 2 aromatic rings. The molecule has 0 aliphatic rings. The second kappa shape index (κ2) is 5.23. The third kappa shape index (κ3) is 2.68. The Bertz CT molecular complexity index is 478. The van der Waals surface area contributed by atoms with Crippen molar-refractivity contribution in [3.05, 3.63) is 39.7 Å². The van der Waals surface area contributed by atoms with Gasteiger partial charge in [0.15, 0.2) is 0 Å². The lowest BCUT2D eigenvalue weighted by Crippen LogP contribution is -1.85.